The second-order valence-corrected chi connectivity index (χ2v) is 4.91. The van der Waals surface area contributed by atoms with Crippen molar-refractivity contribution < 1.29 is 17.5 Å². The van der Waals surface area contributed by atoms with Gasteiger partial charge in [-0.05, 0) is 13.3 Å². The maximum Gasteiger partial charge on any atom is 0.254 e. The Labute approximate surface area is 97.3 Å². The van der Waals surface area contributed by atoms with E-state index in [4.69, 9.17) is 13.0 Å². The van der Waals surface area contributed by atoms with Crippen LogP contribution in [0.3, 0.4) is 0 Å². The molecule has 1 aromatic heterocycles. The lowest BCUT2D eigenvalue weighted by Gasteiger charge is -1.94. The van der Waals surface area contributed by atoms with Crippen LogP contribution in [0.2, 0.25) is 0 Å². The van der Waals surface area contributed by atoms with Crippen LogP contribution in [0, 0.1) is 0 Å². The molecule has 0 amide bonds. The maximum absolute atomic E-state index is 9.08. The molecule has 94 valence electrons. The van der Waals surface area contributed by atoms with E-state index in [0.717, 1.165) is 6.54 Å². The zero-order valence-corrected chi connectivity index (χ0v) is 10.9. The lowest BCUT2D eigenvalue weighted by atomic mass is 10.2. The molecule has 16 heavy (non-hydrogen) atoms. The summed E-state index contributed by atoms with van der Waals surface area (Å²) in [6.45, 7) is 5.46. The molecule has 0 atom stereocenters. The number of aromatic amines is 1. The van der Waals surface area contributed by atoms with Gasteiger partial charge in [0.2, 0.25) is 0 Å². The van der Waals surface area contributed by atoms with Crippen molar-refractivity contribution in [2.45, 2.75) is 39.7 Å². The maximum atomic E-state index is 9.08. The van der Waals surface area contributed by atoms with Gasteiger partial charge in [-0.1, -0.05) is 13.3 Å². The average Bonchev–Trinajstić information content (AvgIpc) is 2.59. The van der Waals surface area contributed by atoms with Crippen molar-refractivity contribution >= 4 is 10.1 Å². The summed E-state index contributed by atoms with van der Waals surface area (Å²) in [5, 5.41) is 0. The smallest absolute Gasteiger partial charge is 0.254 e. The monoisotopic (exact) mass is 248 g/mol. The highest BCUT2D eigenvalue weighted by molar-refractivity contribution is 7.84. The highest BCUT2D eigenvalue weighted by Gasteiger charge is 2.06. The molecule has 0 aliphatic carbocycles. The summed E-state index contributed by atoms with van der Waals surface area (Å²) in [6, 6.07) is 0. The van der Waals surface area contributed by atoms with E-state index >= 15 is 0 Å². The van der Waals surface area contributed by atoms with E-state index in [2.05, 4.69) is 29.6 Å². The van der Waals surface area contributed by atoms with Crippen LogP contribution in [0.1, 0.15) is 32.5 Å². The second-order valence-electron chi connectivity index (χ2n) is 3.50. The quantitative estimate of drug-likeness (QED) is 0.633. The molecule has 0 saturated carbocycles. The van der Waals surface area contributed by atoms with E-state index in [1.54, 1.807) is 0 Å². The van der Waals surface area contributed by atoms with E-state index < -0.39 is 10.1 Å². The summed E-state index contributed by atoms with van der Waals surface area (Å²) in [5.74, 6) is 1.36. The van der Waals surface area contributed by atoms with Crippen molar-refractivity contribution in [2.75, 3.05) is 6.26 Å². The number of nitrogens with one attached hydrogen (secondary N) is 1. The van der Waals surface area contributed by atoms with Crippen molar-refractivity contribution in [3.05, 3.63) is 18.2 Å². The normalized spacial score (nSPS) is 10.8. The highest BCUT2D eigenvalue weighted by atomic mass is 32.2. The minimum absolute atomic E-state index is 0.604. The first kappa shape index (κ1) is 15.1. The van der Waals surface area contributed by atoms with E-state index in [1.165, 1.54) is 25.1 Å². The largest absolute Gasteiger partial charge is 0.748 e. The zero-order chi connectivity index (χ0) is 12.6. The number of hydrogen-bond acceptors (Lipinski definition) is 3. The third-order valence-corrected chi connectivity index (χ3v) is 1.96. The van der Waals surface area contributed by atoms with Crippen LogP contribution >= 0.6 is 0 Å². The van der Waals surface area contributed by atoms with Gasteiger partial charge in [0.05, 0.1) is 16.7 Å². The Morgan fingerprint density at radius 1 is 1.44 bits per heavy atom. The predicted octanol–water partition coefficient (Wildman–Crippen LogP) is 0.826. The fourth-order valence-corrected chi connectivity index (χ4v) is 1.25. The van der Waals surface area contributed by atoms with Crippen LogP contribution in [-0.2, 0) is 23.1 Å². The first-order valence-electron chi connectivity index (χ1n) is 5.35. The predicted molar refractivity (Wildman–Crippen MR) is 60.9 cm³/mol. The SMILES string of the molecule is CCCCc1[nH]cc[n+]1CC.CS(=O)(=O)[O-]. The Balaban J connectivity index is 0.000000385. The average molecular weight is 248 g/mol. The van der Waals surface area contributed by atoms with Crippen molar-refractivity contribution in [1.82, 2.24) is 4.98 Å². The molecule has 0 aliphatic rings. The second kappa shape index (κ2) is 7.40. The molecule has 1 rings (SSSR count). The molecule has 0 radical (unpaired) electrons. The number of imidazole rings is 1. The van der Waals surface area contributed by atoms with Crippen molar-refractivity contribution in [3.63, 3.8) is 0 Å². The van der Waals surface area contributed by atoms with Crippen LogP contribution in [0.15, 0.2) is 12.4 Å². The summed E-state index contributed by atoms with van der Waals surface area (Å²) in [7, 11) is -3.92. The van der Waals surface area contributed by atoms with E-state index in [1.807, 2.05) is 6.20 Å². The number of aromatic nitrogens is 2. The molecule has 6 heteroatoms. The third kappa shape index (κ3) is 8.43. The number of unbranched alkanes of at least 4 members (excludes halogenated alkanes) is 1. The molecule has 1 heterocycles. The van der Waals surface area contributed by atoms with Crippen LogP contribution in [-0.4, -0.2) is 24.2 Å². The summed E-state index contributed by atoms with van der Waals surface area (Å²) in [4.78, 5) is 3.25. The van der Waals surface area contributed by atoms with E-state index in [9.17, 15) is 0 Å². The van der Waals surface area contributed by atoms with Crippen molar-refractivity contribution in [3.8, 4) is 0 Å². The zero-order valence-electron chi connectivity index (χ0n) is 10.1. The van der Waals surface area contributed by atoms with Crippen LogP contribution in [0.25, 0.3) is 0 Å². The summed E-state index contributed by atoms with van der Waals surface area (Å²) in [6.07, 6.45) is 8.44. The minimum atomic E-state index is -3.92. The van der Waals surface area contributed by atoms with Crippen molar-refractivity contribution in [2.24, 2.45) is 0 Å². The molecule has 0 bridgehead atoms. The Morgan fingerprint density at radius 3 is 2.44 bits per heavy atom. The van der Waals surface area contributed by atoms with E-state index in [0.29, 0.717) is 6.26 Å². The standard InChI is InChI=1S/C9H16N2.CH4O3S/c1-3-5-6-9-10-7-8-11(9)4-2;1-5(2,3)4/h7-8H,3-6H2,1-2H3;1H3,(H,2,3,4). The molecule has 5 nitrogen and oxygen atoms in total. The summed E-state index contributed by atoms with van der Waals surface area (Å²) < 4.78 is 29.5. The number of rotatable bonds is 4. The number of aryl methyl sites for hydroxylation is 2. The molecule has 1 N–H and O–H groups in total. The third-order valence-electron chi connectivity index (χ3n) is 1.96. The molecular weight excluding hydrogens is 228 g/mol. The van der Waals surface area contributed by atoms with Crippen molar-refractivity contribution in [1.29, 1.82) is 0 Å². The summed E-state index contributed by atoms with van der Waals surface area (Å²) in [5.41, 5.74) is 0. The fraction of sp³-hybridized carbons (Fsp3) is 0.700. The van der Waals surface area contributed by atoms with Gasteiger partial charge in [-0.3, -0.25) is 0 Å². The Hall–Kier alpha value is -0.880. The molecule has 0 aliphatic heterocycles. The fourth-order valence-electron chi connectivity index (χ4n) is 1.25. The Morgan fingerprint density at radius 2 is 2.00 bits per heavy atom. The van der Waals surface area contributed by atoms with Crippen LogP contribution in [0.5, 0.6) is 0 Å². The van der Waals surface area contributed by atoms with Gasteiger partial charge < -0.3 is 4.55 Å². The molecule has 0 spiro atoms. The Bertz CT molecular complexity index is 377. The van der Waals surface area contributed by atoms with Gasteiger partial charge in [-0.15, -0.1) is 0 Å². The molecule has 0 saturated heterocycles. The molecular formula is C10H20N2O3S. The highest BCUT2D eigenvalue weighted by Crippen LogP contribution is 1.95. The van der Waals surface area contributed by atoms with Gasteiger partial charge >= 0.3 is 0 Å². The lowest BCUT2D eigenvalue weighted by molar-refractivity contribution is -0.699. The molecule has 0 aromatic carbocycles. The number of nitrogens with zero attached hydrogens (tertiary/aromatic N) is 1. The lowest BCUT2D eigenvalue weighted by Crippen LogP contribution is -2.34. The van der Waals surface area contributed by atoms with Gasteiger partial charge in [0.15, 0.2) is 0 Å². The minimum Gasteiger partial charge on any atom is -0.748 e. The van der Waals surface area contributed by atoms with Gasteiger partial charge in [0.25, 0.3) is 5.82 Å². The number of hydrogen-bond donors (Lipinski definition) is 1. The van der Waals surface area contributed by atoms with Gasteiger partial charge in [0, 0.05) is 12.7 Å². The number of H-pyrrole nitrogens is 1. The van der Waals surface area contributed by atoms with Crippen LogP contribution in [0.4, 0.5) is 0 Å². The summed E-state index contributed by atoms with van der Waals surface area (Å²) >= 11 is 0. The molecule has 0 fully saturated rings. The Kier molecular flexibility index (Phi) is 7.00. The van der Waals surface area contributed by atoms with E-state index in [-0.39, 0.29) is 0 Å². The molecule has 1 aromatic rings. The first-order valence-corrected chi connectivity index (χ1v) is 7.16. The molecule has 0 unspecified atom stereocenters. The topological polar surface area (TPSA) is 76.9 Å². The first-order chi connectivity index (χ1) is 7.38. The van der Waals surface area contributed by atoms with Crippen LogP contribution < -0.4 is 4.57 Å². The van der Waals surface area contributed by atoms with Gasteiger partial charge in [-0.2, -0.15) is 0 Å². The van der Waals surface area contributed by atoms with Gasteiger partial charge in [-0.25, -0.2) is 18.0 Å². The van der Waals surface area contributed by atoms with Gasteiger partial charge in [0.1, 0.15) is 12.4 Å².